The molecule has 0 atom stereocenters. The third-order valence-corrected chi connectivity index (χ3v) is 4.38. The van der Waals surface area contributed by atoms with Crippen molar-refractivity contribution in [2.45, 2.75) is 12.6 Å². The van der Waals surface area contributed by atoms with Crippen molar-refractivity contribution in [1.29, 1.82) is 0 Å². The van der Waals surface area contributed by atoms with Crippen molar-refractivity contribution >= 4 is 39.6 Å². The average molecular weight is 488 g/mol. The maximum atomic E-state index is 12.7. The lowest BCUT2D eigenvalue weighted by atomic mass is 10.2. The third-order valence-electron chi connectivity index (χ3n) is 3.69. The molecule has 0 aliphatic rings. The molecule has 0 aromatic heterocycles. The van der Waals surface area contributed by atoms with Crippen molar-refractivity contribution in [3.8, 4) is 11.5 Å². The van der Waals surface area contributed by atoms with Crippen LogP contribution in [0.2, 0.25) is 0 Å². The van der Waals surface area contributed by atoms with Crippen LogP contribution in [0, 0.1) is 0 Å². The number of methoxy groups -OCH3 is 2. The fourth-order valence-electron chi connectivity index (χ4n) is 2.31. The fourth-order valence-corrected chi connectivity index (χ4v) is 2.73. The number of halogens is 4. The average Bonchev–Trinajstić information content (AvgIpc) is 2.68. The first-order chi connectivity index (χ1) is 14.1. The molecule has 7 nitrogen and oxygen atoms in total. The molecule has 2 rings (SSSR count). The van der Waals surface area contributed by atoms with Gasteiger partial charge < -0.3 is 14.8 Å². The Hall–Kier alpha value is -3.08. The van der Waals surface area contributed by atoms with Crippen LogP contribution in [0.15, 0.2) is 46.0 Å². The second-order valence-corrected chi connectivity index (χ2v) is 6.68. The first-order valence-electron chi connectivity index (χ1n) is 8.34. The predicted octanol–water partition coefficient (Wildman–Crippen LogP) is 3.96. The normalized spacial score (nSPS) is 11.3. The Balaban J connectivity index is 1.94. The first-order valence-corrected chi connectivity index (χ1v) is 9.14. The van der Waals surface area contributed by atoms with Gasteiger partial charge in [-0.1, -0.05) is 6.07 Å². The number of anilines is 1. The van der Waals surface area contributed by atoms with E-state index in [1.807, 2.05) is 0 Å². The molecular weight excluding hydrogens is 471 g/mol. The van der Waals surface area contributed by atoms with Crippen LogP contribution in [0.3, 0.4) is 0 Å². The van der Waals surface area contributed by atoms with E-state index in [1.54, 1.807) is 12.1 Å². The van der Waals surface area contributed by atoms with E-state index < -0.39 is 30.0 Å². The Morgan fingerprint density at radius 3 is 2.40 bits per heavy atom. The zero-order valence-electron chi connectivity index (χ0n) is 15.8. The number of rotatable bonds is 7. The van der Waals surface area contributed by atoms with Gasteiger partial charge in [-0.05, 0) is 46.3 Å². The lowest BCUT2D eigenvalue weighted by Crippen LogP contribution is -2.24. The van der Waals surface area contributed by atoms with E-state index in [9.17, 15) is 22.8 Å². The summed E-state index contributed by atoms with van der Waals surface area (Å²) >= 11 is 3.33. The van der Waals surface area contributed by atoms with Gasteiger partial charge in [0, 0.05) is 15.7 Å². The molecule has 2 amide bonds. The van der Waals surface area contributed by atoms with Gasteiger partial charge in [0.1, 0.15) is 6.42 Å². The molecule has 0 unspecified atom stereocenters. The molecule has 0 aliphatic carbocycles. The van der Waals surface area contributed by atoms with Crippen molar-refractivity contribution in [2.75, 3.05) is 19.5 Å². The molecule has 2 aromatic rings. The molecule has 0 spiro atoms. The highest BCUT2D eigenvalue weighted by molar-refractivity contribution is 9.10. The van der Waals surface area contributed by atoms with Crippen molar-refractivity contribution in [3.63, 3.8) is 0 Å². The summed E-state index contributed by atoms with van der Waals surface area (Å²) in [6, 6.07) is 7.39. The highest BCUT2D eigenvalue weighted by Crippen LogP contribution is 2.32. The van der Waals surface area contributed by atoms with E-state index in [4.69, 9.17) is 9.47 Å². The number of alkyl halides is 3. The minimum atomic E-state index is -4.54. The smallest absolute Gasteiger partial charge is 0.416 e. The van der Waals surface area contributed by atoms with E-state index in [2.05, 4.69) is 31.8 Å². The summed E-state index contributed by atoms with van der Waals surface area (Å²) in [5.41, 5.74) is 1.77. The molecule has 2 aromatic carbocycles. The maximum absolute atomic E-state index is 12.7. The number of carbonyl (C=O) groups is 2. The van der Waals surface area contributed by atoms with Crippen molar-refractivity contribution in [3.05, 3.63) is 52.0 Å². The minimum absolute atomic E-state index is 0.0691. The maximum Gasteiger partial charge on any atom is 0.416 e. The van der Waals surface area contributed by atoms with Crippen molar-refractivity contribution in [2.24, 2.45) is 5.10 Å². The molecule has 0 bridgehead atoms. The highest BCUT2D eigenvalue weighted by Gasteiger charge is 2.30. The number of hydrogen-bond donors (Lipinski definition) is 2. The van der Waals surface area contributed by atoms with Gasteiger partial charge in [-0.25, -0.2) is 5.43 Å². The molecule has 0 radical (unpaired) electrons. The molecule has 30 heavy (non-hydrogen) atoms. The SMILES string of the molecule is COc1cc(Br)c(C=NNC(=O)CC(=O)Nc2cccc(C(F)(F)F)c2)cc1OC. The number of hydrogen-bond acceptors (Lipinski definition) is 5. The molecule has 0 saturated carbocycles. The van der Waals surface area contributed by atoms with Crippen LogP contribution in [-0.4, -0.2) is 32.2 Å². The van der Waals surface area contributed by atoms with Crippen LogP contribution in [0.25, 0.3) is 0 Å². The van der Waals surface area contributed by atoms with E-state index in [1.165, 1.54) is 26.5 Å². The Morgan fingerprint density at radius 2 is 1.77 bits per heavy atom. The number of carbonyl (C=O) groups excluding carboxylic acids is 2. The Morgan fingerprint density at radius 1 is 1.10 bits per heavy atom. The molecule has 160 valence electrons. The summed E-state index contributed by atoms with van der Waals surface area (Å²) in [6.45, 7) is 0. The van der Waals surface area contributed by atoms with Crippen LogP contribution in [0.5, 0.6) is 11.5 Å². The van der Waals surface area contributed by atoms with E-state index in [-0.39, 0.29) is 5.69 Å². The van der Waals surface area contributed by atoms with Gasteiger partial charge in [-0.2, -0.15) is 18.3 Å². The van der Waals surface area contributed by atoms with Crippen LogP contribution in [-0.2, 0) is 15.8 Å². The fraction of sp³-hybridized carbons (Fsp3) is 0.211. The molecule has 0 fully saturated rings. The Labute approximate surface area is 178 Å². The zero-order valence-corrected chi connectivity index (χ0v) is 17.4. The number of hydrazone groups is 1. The zero-order chi connectivity index (χ0) is 22.3. The van der Waals surface area contributed by atoms with Gasteiger partial charge in [0.15, 0.2) is 11.5 Å². The molecule has 0 saturated heterocycles. The standard InChI is InChI=1S/C19H17BrF3N3O4/c1-29-15-6-11(14(20)8-16(15)30-2)10-24-26-18(28)9-17(27)25-13-5-3-4-12(7-13)19(21,22)23/h3-8,10H,9H2,1-2H3,(H,25,27)(H,26,28). The van der Waals surface area contributed by atoms with E-state index in [0.29, 0.717) is 21.5 Å². The number of ether oxygens (including phenoxy) is 2. The third kappa shape index (κ3) is 6.48. The Bertz CT molecular complexity index is 965. The lowest BCUT2D eigenvalue weighted by Gasteiger charge is -2.10. The molecule has 11 heteroatoms. The summed E-state index contributed by atoms with van der Waals surface area (Å²) in [4.78, 5) is 23.7. The summed E-state index contributed by atoms with van der Waals surface area (Å²) in [5.74, 6) is -0.576. The lowest BCUT2D eigenvalue weighted by molar-refractivity contribution is -0.137. The predicted molar refractivity (Wildman–Crippen MR) is 108 cm³/mol. The van der Waals surface area contributed by atoms with Gasteiger partial charge in [-0.15, -0.1) is 0 Å². The minimum Gasteiger partial charge on any atom is -0.493 e. The summed E-state index contributed by atoms with van der Waals surface area (Å²) in [6.07, 6.45) is -3.83. The Kier molecular flexibility index (Phi) is 7.81. The molecule has 0 heterocycles. The molecule has 0 aliphatic heterocycles. The van der Waals surface area contributed by atoms with Gasteiger partial charge in [0.25, 0.3) is 0 Å². The molecule has 2 N–H and O–H groups in total. The van der Waals surface area contributed by atoms with Crippen LogP contribution in [0.4, 0.5) is 18.9 Å². The van der Waals surface area contributed by atoms with E-state index >= 15 is 0 Å². The topological polar surface area (TPSA) is 89.0 Å². The van der Waals surface area contributed by atoms with Crippen molar-refractivity contribution in [1.82, 2.24) is 5.43 Å². The van der Waals surface area contributed by atoms with Gasteiger partial charge >= 0.3 is 6.18 Å². The van der Waals surface area contributed by atoms with E-state index in [0.717, 1.165) is 18.2 Å². The van der Waals surface area contributed by atoms with Crippen LogP contribution in [0.1, 0.15) is 17.5 Å². The van der Waals surface area contributed by atoms with Gasteiger partial charge in [0.05, 0.1) is 26.0 Å². The number of benzene rings is 2. The van der Waals surface area contributed by atoms with Gasteiger partial charge in [-0.3, -0.25) is 9.59 Å². The van der Waals surface area contributed by atoms with Crippen LogP contribution < -0.4 is 20.2 Å². The van der Waals surface area contributed by atoms with Crippen molar-refractivity contribution < 1.29 is 32.2 Å². The van der Waals surface area contributed by atoms with Crippen LogP contribution >= 0.6 is 15.9 Å². The quantitative estimate of drug-likeness (QED) is 0.351. The largest absolute Gasteiger partial charge is 0.493 e. The molecular formula is C19H17BrF3N3O4. The summed E-state index contributed by atoms with van der Waals surface area (Å²) in [5, 5.41) is 6.00. The van der Waals surface area contributed by atoms with Gasteiger partial charge in [0.2, 0.25) is 11.8 Å². The first kappa shape index (κ1) is 23.2. The summed E-state index contributed by atoms with van der Waals surface area (Å²) in [7, 11) is 2.96. The second kappa shape index (κ2) is 10.1. The highest BCUT2D eigenvalue weighted by atomic mass is 79.9. The number of nitrogens with one attached hydrogen (secondary N) is 2. The number of amides is 2. The number of nitrogens with zero attached hydrogens (tertiary/aromatic N) is 1. The monoisotopic (exact) mass is 487 g/mol. The second-order valence-electron chi connectivity index (χ2n) is 5.83. The summed E-state index contributed by atoms with van der Waals surface area (Å²) < 4.78 is 49.1.